The van der Waals surface area contributed by atoms with E-state index in [1.54, 1.807) is 29.2 Å². The standard InChI is InChI=1S/C20H18F4N2O2/c21-16-11-14(10-15(12-16)20(22,23)24)18(27)25-17-6-8-26(9-7-17)19(28)13-4-2-1-3-5-13/h1-5,10-12,17H,6-9H2,(H,25,27). The van der Waals surface area contributed by atoms with E-state index in [4.69, 9.17) is 0 Å². The molecule has 1 heterocycles. The second-order valence-electron chi connectivity index (χ2n) is 6.63. The van der Waals surface area contributed by atoms with Gasteiger partial charge in [-0.15, -0.1) is 0 Å². The molecule has 1 saturated heterocycles. The van der Waals surface area contributed by atoms with Gasteiger partial charge in [0.1, 0.15) is 5.82 Å². The van der Waals surface area contributed by atoms with Gasteiger partial charge in [-0.2, -0.15) is 13.2 Å². The summed E-state index contributed by atoms with van der Waals surface area (Å²) in [7, 11) is 0. The summed E-state index contributed by atoms with van der Waals surface area (Å²) < 4.78 is 51.9. The zero-order valence-electron chi connectivity index (χ0n) is 14.8. The Morgan fingerprint density at radius 3 is 2.21 bits per heavy atom. The number of hydrogen-bond donors (Lipinski definition) is 1. The largest absolute Gasteiger partial charge is 0.416 e. The number of hydrogen-bond acceptors (Lipinski definition) is 2. The molecule has 0 atom stereocenters. The molecule has 0 aromatic heterocycles. The normalized spacial score (nSPS) is 15.4. The van der Waals surface area contributed by atoms with Crippen LogP contribution in [-0.4, -0.2) is 35.8 Å². The Hall–Kier alpha value is -2.90. The van der Waals surface area contributed by atoms with Crippen LogP contribution < -0.4 is 5.32 Å². The first kappa shape index (κ1) is 19.9. The Kier molecular flexibility index (Phi) is 5.67. The summed E-state index contributed by atoms with van der Waals surface area (Å²) in [4.78, 5) is 26.3. The lowest BCUT2D eigenvalue weighted by Crippen LogP contribution is -2.46. The lowest BCUT2D eigenvalue weighted by atomic mass is 10.0. The first-order valence-corrected chi connectivity index (χ1v) is 8.77. The predicted molar refractivity (Wildman–Crippen MR) is 94.2 cm³/mol. The highest BCUT2D eigenvalue weighted by atomic mass is 19.4. The molecule has 1 aliphatic rings. The maximum absolute atomic E-state index is 13.5. The number of benzene rings is 2. The highest BCUT2D eigenvalue weighted by molar-refractivity contribution is 5.95. The van der Waals surface area contributed by atoms with Gasteiger partial charge < -0.3 is 10.2 Å². The summed E-state index contributed by atoms with van der Waals surface area (Å²) in [5.74, 6) is -1.99. The van der Waals surface area contributed by atoms with Crippen molar-refractivity contribution in [2.45, 2.75) is 25.1 Å². The van der Waals surface area contributed by atoms with Gasteiger partial charge in [0.25, 0.3) is 11.8 Å². The molecule has 2 aromatic rings. The van der Waals surface area contributed by atoms with Gasteiger partial charge in [-0.25, -0.2) is 4.39 Å². The molecule has 2 amide bonds. The van der Waals surface area contributed by atoms with Crippen molar-refractivity contribution >= 4 is 11.8 Å². The van der Waals surface area contributed by atoms with E-state index < -0.39 is 23.5 Å². The fourth-order valence-electron chi connectivity index (χ4n) is 3.14. The van der Waals surface area contributed by atoms with E-state index in [9.17, 15) is 27.2 Å². The van der Waals surface area contributed by atoms with Crippen molar-refractivity contribution in [3.05, 3.63) is 71.0 Å². The molecule has 1 N–H and O–H groups in total. The molecule has 4 nitrogen and oxygen atoms in total. The van der Waals surface area contributed by atoms with Crippen molar-refractivity contribution in [1.29, 1.82) is 0 Å². The number of rotatable bonds is 3. The molecule has 2 aromatic carbocycles. The minimum atomic E-state index is -4.74. The molecule has 1 fully saturated rings. The quantitative estimate of drug-likeness (QED) is 0.804. The Bertz CT molecular complexity index is 860. The van der Waals surface area contributed by atoms with E-state index in [1.165, 1.54) is 0 Å². The van der Waals surface area contributed by atoms with Crippen LogP contribution in [0.15, 0.2) is 48.5 Å². The Balaban J connectivity index is 1.60. The topological polar surface area (TPSA) is 49.4 Å². The smallest absolute Gasteiger partial charge is 0.349 e. The van der Waals surface area contributed by atoms with Gasteiger partial charge in [-0.05, 0) is 43.2 Å². The molecule has 0 unspecified atom stereocenters. The highest BCUT2D eigenvalue weighted by Crippen LogP contribution is 2.30. The van der Waals surface area contributed by atoms with Gasteiger partial charge in [-0.1, -0.05) is 18.2 Å². The fourth-order valence-corrected chi connectivity index (χ4v) is 3.14. The monoisotopic (exact) mass is 394 g/mol. The van der Waals surface area contributed by atoms with Crippen molar-refractivity contribution in [1.82, 2.24) is 10.2 Å². The predicted octanol–water partition coefficient (Wildman–Crippen LogP) is 3.88. The van der Waals surface area contributed by atoms with E-state index in [2.05, 4.69) is 5.32 Å². The first-order chi connectivity index (χ1) is 13.2. The summed E-state index contributed by atoms with van der Waals surface area (Å²) in [6.45, 7) is 0.825. The van der Waals surface area contributed by atoms with Crippen molar-refractivity contribution in [2.24, 2.45) is 0 Å². The van der Waals surface area contributed by atoms with E-state index >= 15 is 0 Å². The van der Waals surface area contributed by atoms with E-state index in [-0.39, 0.29) is 17.5 Å². The number of carbonyl (C=O) groups is 2. The van der Waals surface area contributed by atoms with E-state index in [0.717, 1.165) is 6.07 Å². The maximum atomic E-state index is 13.5. The number of nitrogens with one attached hydrogen (secondary N) is 1. The SMILES string of the molecule is O=C(NC1CCN(C(=O)c2ccccc2)CC1)c1cc(F)cc(C(F)(F)F)c1. The molecule has 0 bridgehead atoms. The van der Waals surface area contributed by atoms with Gasteiger partial charge in [0.05, 0.1) is 5.56 Å². The maximum Gasteiger partial charge on any atom is 0.416 e. The summed E-state index contributed by atoms with van der Waals surface area (Å²) in [5, 5.41) is 2.63. The minimum Gasteiger partial charge on any atom is -0.349 e. The number of likely N-dealkylation sites (tertiary alicyclic amines) is 1. The Morgan fingerprint density at radius 2 is 1.61 bits per heavy atom. The number of amides is 2. The van der Waals surface area contributed by atoms with Gasteiger partial charge in [0, 0.05) is 30.3 Å². The third-order valence-corrected chi connectivity index (χ3v) is 4.63. The number of alkyl halides is 3. The lowest BCUT2D eigenvalue weighted by Gasteiger charge is -2.32. The van der Waals surface area contributed by atoms with Crippen LogP contribution in [0.4, 0.5) is 17.6 Å². The van der Waals surface area contributed by atoms with Crippen LogP contribution in [0.1, 0.15) is 39.1 Å². The second kappa shape index (κ2) is 8.00. The van der Waals surface area contributed by atoms with Crippen LogP contribution in [0, 0.1) is 5.82 Å². The number of piperidine rings is 1. The van der Waals surface area contributed by atoms with E-state index in [0.29, 0.717) is 43.6 Å². The zero-order chi connectivity index (χ0) is 20.3. The Labute approximate surface area is 159 Å². The van der Waals surface area contributed by atoms with Crippen molar-refractivity contribution in [3.63, 3.8) is 0 Å². The molecule has 1 aliphatic heterocycles. The summed E-state index contributed by atoms with van der Waals surface area (Å²) in [6, 6.07) is 10.3. The van der Waals surface area contributed by atoms with Gasteiger partial charge >= 0.3 is 6.18 Å². The van der Waals surface area contributed by atoms with Crippen LogP contribution >= 0.6 is 0 Å². The van der Waals surface area contributed by atoms with Crippen molar-refractivity contribution < 1.29 is 27.2 Å². The second-order valence-corrected chi connectivity index (χ2v) is 6.63. The summed E-state index contributed by atoms with van der Waals surface area (Å²) in [5.41, 5.74) is -1.01. The molecule has 0 spiro atoms. The first-order valence-electron chi connectivity index (χ1n) is 8.77. The van der Waals surface area contributed by atoms with Gasteiger partial charge in [0.2, 0.25) is 0 Å². The highest BCUT2D eigenvalue weighted by Gasteiger charge is 2.32. The molecule has 0 saturated carbocycles. The van der Waals surface area contributed by atoms with E-state index in [1.807, 2.05) is 6.07 Å². The van der Waals surface area contributed by atoms with Crippen LogP contribution in [0.2, 0.25) is 0 Å². The molecular weight excluding hydrogens is 376 g/mol. The average Bonchev–Trinajstić information content (AvgIpc) is 2.67. The molecule has 0 radical (unpaired) electrons. The summed E-state index contributed by atoms with van der Waals surface area (Å²) >= 11 is 0. The van der Waals surface area contributed by atoms with Crippen LogP contribution in [0.3, 0.4) is 0 Å². The lowest BCUT2D eigenvalue weighted by molar-refractivity contribution is -0.137. The molecule has 0 aliphatic carbocycles. The van der Waals surface area contributed by atoms with Crippen LogP contribution in [0.25, 0.3) is 0 Å². The van der Waals surface area contributed by atoms with Gasteiger partial charge in [-0.3, -0.25) is 9.59 Å². The minimum absolute atomic E-state index is 0.106. The van der Waals surface area contributed by atoms with Crippen LogP contribution in [-0.2, 0) is 6.18 Å². The number of halogens is 4. The molecular formula is C20H18F4N2O2. The zero-order valence-corrected chi connectivity index (χ0v) is 14.8. The fraction of sp³-hybridized carbons (Fsp3) is 0.300. The third kappa shape index (κ3) is 4.68. The molecule has 28 heavy (non-hydrogen) atoms. The number of carbonyl (C=O) groups excluding carboxylic acids is 2. The average molecular weight is 394 g/mol. The molecule has 148 valence electrons. The van der Waals surface area contributed by atoms with Crippen LogP contribution in [0.5, 0.6) is 0 Å². The van der Waals surface area contributed by atoms with Crippen molar-refractivity contribution in [2.75, 3.05) is 13.1 Å². The molecule has 3 rings (SSSR count). The summed E-state index contributed by atoms with van der Waals surface area (Å²) in [6.07, 6.45) is -3.81. The van der Waals surface area contributed by atoms with Gasteiger partial charge in [0.15, 0.2) is 0 Å². The number of nitrogens with zero attached hydrogens (tertiary/aromatic N) is 1. The van der Waals surface area contributed by atoms with Crippen molar-refractivity contribution in [3.8, 4) is 0 Å². The molecule has 8 heteroatoms. The Morgan fingerprint density at radius 1 is 0.964 bits per heavy atom. The third-order valence-electron chi connectivity index (χ3n) is 4.63.